The number of ether oxygens (including phenoxy) is 1. The molecular formula is C15H18N4O2. The Labute approximate surface area is 123 Å². The highest BCUT2D eigenvalue weighted by Gasteiger charge is 1.99. The van der Waals surface area contributed by atoms with Crippen molar-refractivity contribution in [2.24, 2.45) is 5.73 Å². The van der Waals surface area contributed by atoms with Gasteiger partial charge < -0.3 is 15.8 Å². The molecule has 3 N–H and O–H groups in total. The van der Waals surface area contributed by atoms with E-state index in [1.54, 1.807) is 12.4 Å². The maximum atomic E-state index is 10.6. The molecule has 0 bridgehead atoms. The smallest absolute Gasteiger partial charge is 0.255 e. The van der Waals surface area contributed by atoms with Crippen molar-refractivity contribution in [1.82, 2.24) is 15.3 Å². The van der Waals surface area contributed by atoms with Crippen molar-refractivity contribution in [1.29, 1.82) is 0 Å². The van der Waals surface area contributed by atoms with E-state index in [1.165, 1.54) is 0 Å². The number of primary amides is 1. The van der Waals surface area contributed by atoms with Gasteiger partial charge in [-0.3, -0.25) is 14.8 Å². The third kappa shape index (κ3) is 5.19. The highest BCUT2D eigenvalue weighted by atomic mass is 16.5. The van der Waals surface area contributed by atoms with Gasteiger partial charge in [-0.15, -0.1) is 0 Å². The maximum Gasteiger partial charge on any atom is 0.255 e. The number of rotatable bonds is 7. The van der Waals surface area contributed by atoms with E-state index in [0.29, 0.717) is 18.8 Å². The lowest BCUT2D eigenvalue weighted by Gasteiger charge is -2.07. The molecule has 0 unspecified atom stereocenters. The number of aromatic nitrogens is 2. The number of carbonyl (C=O) groups excluding carboxylic acids is 1. The fraction of sp³-hybridized carbons (Fsp3) is 0.267. The fourth-order valence-electron chi connectivity index (χ4n) is 1.70. The van der Waals surface area contributed by atoms with E-state index in [0.717, 1.165) is 17.0 Å². The molecule has 0 aliphatic heterocycles. The molecule has 1 amide bonds. The van der Waals surface area contributed by atoms with E-state index in [-0.39, 0.29) is 6.61 Å². The predicted octanol–water partition coefficient (Wildman–Crippen LogP) is 0.939. The lowest BCUT2D eigenvalue weighted by atomic mass is 10.2. The Hall–Kier alpha value is -2.47. The van der Waals surface area contributed by atoms with Gasteiger partial charge in [0.1, 0.15) is 5.75 Å². The van der Waals surface area contributed by atoms with Gasteiger partial charge in [0.05, 0.1) is 11.4 Å². The third-order valence-corrected chi connectivity index (χ3v) is 2.77. The summed E-state index contributed by atoms with van der Waals surface area (Å²) < 4.78 is 5.19. The average Bonchev–Trinajstić information content (AvgIpc) is 2.48. The number of carbonyl (C=O) groups is 1. The molecule has 6 nitrogen and oxygen atoms in total. The number of nitrogens with two attached hydrogens (primary N) is 1. The standard InChI is InChI=1S/C15H18N4O2/c1-11-6-19-13(9-18-11)8-17-7-12-2-4-14(5-3-12)21-10-15(16)20/h2-6,9,17H,7-8,10H2,1H3,(H2,16,20). The molecule has 6 heteroatoms. The van der Waals surface area contributed by atoms with Crippen LogP contribution in [0.3, 0.4) is 0 Å². The minimum Gasteiger partial charge on any atom is -0.484 e. The van der Waals surface area contributed by atoms with Crippen LogP contribution in [0.15, 0.2) is 36.7 Å². The molecular weight excluding hydrogens is 268 g/mol. The molecule has 1 aromatic heterocycles. The molecule has 2 rings (SSSR count). The third-order valence-electron chi connectivity index (χ3n) is 2.77. The Morgan fingerprint density at radius 1 is 1.19 bits per heavy atom. The van der Waals surface area contributed by atoms with Crippen LogP contribution in [0.5, 0.6) is 5.75 Å². The van der Waals surface area contributed by atoms with E-state index in [9.17, 15) is 4.79 Å². The minimum absolute atomic E-state index is 0.107. The lowest BCUT2D eigenvalue weighted by Crippen LogP contribution is -2.20. The first-order chi connectivity index (χ1) is 10.1. The summed E-state index contributed by atoms with van der Waals surface area (Å²) in [5.74, 6) is 0.141. The van der Waals surface area contributed by atoms with Crippen LogP contribution in [0, 0.1) is 6.92 Å². The van der Waals surface area contributed by atoms with Crippen LogP contribution >= 0.6 is 0 Å². The second-order valence-corrected chi connectivity index (χ2v) is 4.65. The van der Waals surface area contributed by atoms with E-state index < -0.39 is 5.91 Å². The summed E-state index contributed by atoms with van der Waals surface area (Å²) in [7, 11) is 0. The highest BCUT2D eigenvalue weighted by molar-refractivity contribution is 5.75. The fourth-order valence-corrected chi connectivity index (χ4v) is 1.70. The van der Waals surface area contributed by atoms with Gasteiger partial charge in [-0.2, -0.15) is 0 Å². The zero-order valence-corrected chi connectivity index (χ0v) is 11.9. The Balaban J connectivity index is 1.78. The Kier molecular flexibility index (Phi) is 5.22. The molecule has 0 aliphatic carbocycles. The zero-order valence-electron chi connectivity index (χ0n) is 11.9. The van der Waals surface area contributed by atoms with E-state index in [4.69, 9.17) is 10.5 Å². The highest BCUT2D eigenvalue weighted by Crippen LogP contribution is 2.12. The SMILES string of the molecule is Cc1cnc(CNCc2ccc(OCC(N)=O)cc2)cn1. The van der Waals surface area contributed by atoms with Crippen LogP contribution in [0.2, 0.25) is 0 Å². The summed E-state index contributed by atoms with van der Waals surface area (Å²) in [5.41, 5.74) is 7.94. The number of benzene rings is 1. The van der Waals surface area contributed by atoms with Crippen LogP contribution in [-0.2, 0) is 17.9 Å². The minimum atomic E-state index is -0.486. The van der Waals surface area contributed by atoms with Gasteiger partial charge in [-0.1, -0.05) is 12.1 Å². The number of amides is 1. The van der Waals surface area contributed by atoms with Crippen molar-refractivity contribution in [2.75, 3.05) is 6.61 Å². The molecule has 0 spiro atoms. The first-order valence-corrected chi connectivity index (χ1v) is 6.62. The molecule has 0 radical (unpaired) electrons. The van der Waals surface area contributed by atoms with Crippen molar-refractivity contribution in [2.45, 2.75) is 20.0 Å². The summed E-state index contributed by atoms with van der Waals surface area (Å²) >= 11 is 0. The molecule has 1 heterocycles. The van der Waals surface area contributed by atoms with Crippen LogP contribution < -0.4 is 15.8 Å². The zero-order chi connectivity index (χ0) is 15.1. The van der Waals surface area contributed by atoms with Crippen LogP contribution in [0.1, 0.15) is 17.0 Å². The molecule has 110 valence electrons. The molecule has 0 saturated carbocycles. The van der Waals surface area contributed by atoms with E-state index in [2.05, 4.69) is 15.3 Å². The summed E-state index contributed by atoms with van der Waals surface area (Å²) in [6.07, 6.45) is 3.52. The quantitative estimate of drug-likeness (QED) is 0.790. The Bertz CT molecular complexity index is 582. The van der Waals surface area contributed by atoms with Gasteiger partial charge in [-0.25, -0.2) is 0 Å². The predicted molar refractivity (Wildman–Crippen MR) is 78.4 cm³/mol. The molecule has 21 heavy (non-hydrogen) atoms. The summed E-state index contributed by atoms with van der Waals surface area (Å²) in [5, 5.41) is 3.29. The van der Waals surface area contributed by atoms with Crippen LogP contribution in [0.4, 0.5) is 0 Å². The van der Waals surface area contributed by atoms with E-state index in [1.807, 2.05) is 31.2 Å². The first-order valence-electron chi connectivity index (χ1n) is 6.62. The molecule has 2 aromatic rings. The van der Waals surface area contributed by atoms with Crippen LogP contribution in [-0.4, -0.2) is 22.5 Å². The molecule has 0 fully saturated rings. The number of hydrogen-bond acceptors (Lipinski definition) is 5. The van der Waals surface area contributed by atoms with Gasteiger partial charge in [-0.05, 0) is 24.6 Å². The van der Waals surface area contributed by atoms with Gasteiger partial charge >= 0.3 is 0 Å². The monoisotopic (exact) mass is 286 g/mol. The first kappa shape index (κ1) is 14.9. The average molecular weight is 286 g/mol. The van der Waals surface area contributed by atoms with Gasteiger partial charge in [0.25, 0.3) is 5.91 Å². The van der Waals surface area contributed by atoms with E-state index >= 15 is 0 Å². The Morgan fingerprint density at radius 2 is 1.95 bits per heavy atom. The topological polar surface area (TPSA) is 90.1 Å². The second kappa shape index (κ2) is 7.35. The summed E-state index contributed by atoms with van der Waals surface area (Å²) in [6.45, 7) is 3.18. The van der Waals surface area contributed by atoms with Gasteiger partial charge in [0.2, 0.25) is 0 Å². The number of aryl methyl sites for hydroxylation is 1. The maximum absolute atomic E-state index is 10.6. The molecule has 0 aliphatic rings. The lowest BCUT2D eigenvalue weighted by molar-refractivity contribution is -0.119. The van der Waals surface area contributed by atoms with Gasteiger partial charge in [0.15, 0.2) is 6.61 Å². The number of nitrogens with one attached hydrogen (secondary N) is 1. The van der Waals surface area contributed by atoms with Crippen molar-refractivity contribution >= 4 is 5.91 Å². The second-order valence-electron chi connectivity index (χ2n) is 4.65. The van der Waals surface area contributed by atoms with Crippen LogP contribution in [0.25, 0.3) is 0 Å². The number of hydrogen-bond donors (Lipinski definition) is 2. The van der Waals surface area contributed by atoms with Gasteiger partial charge in [0, 0.05) is 25.5 Å². The molecule has 1 aromatic carbocycles. The van der Waals surface area contributed by atoms with Crippen molar-refractivity contribution in [3.05, 3.63) is 53.6 Å². The molecule has 0 saturated heterocycles. The molecule has 0 atom stereocenters. The van der Waals surface area contributed by atoms with Crippen molar-refractivity contribution in [3.63, 3.8) is 0 Å². The number of nitrogens with zero attached hydrogens (tertiary/aromatic N) is 2. The largest absolute Gasteiger partial charge is 0.484 e. The summed E-state index contributed by atoms with van der Waals surface area (Å²) in [6, 6.07) is 7.49. The van der Waals surface area contributed by atoms with Crippen molar-refractivity contribution < 1.29 is 9.53 Å². The van der Waals surface area contributed by atoms with Crippen molar-refractivity contribution in [3.8, 4) is 5.75 Å². The Morgan fingerprint density at radius 3 is 2.57 bits per heavy atom. The normalized spacial score (nSPS) is 10.3. The summed E-state index contributed by atoms with van der Waals surface area (Å²) in [4.78, 5) is 19.1.